The van der Waals surface area contributed by atoms with Gasteiger partial charge in [-0.2, -0.15) is 0 Å². The Hall–Kier alpha value is -2.32. The van der Waals surface area contributed by atoms with Crippen molar-refractivity contribution in [2.24, 2.45) is 0 Å². The quantitative estimate of drug-likeness (QED) is 0.757. The van der Waals surface area contributed by atoms with Gasteiger partial charge in [-0.3, -0.25) is 4.72 Å². The molecule has 0 radical (unpaired) electrons. The molecule has 2 aromatic carbocycles. The van der Waals surface area contributed by atoms with Gasteiger partial charge in [0, 0.05) is 24.1 Å². The number of aromatic nitrogens is 2. The minimum atomic E-state index is -4.03. The van der Waals surface area contributed by atoms with Crippen molar-refractivity contribution in [2.75, 3.05) is 10.5 Å². The zero-order chi connectivity index (χ0) is 17.4. The number of nitrogens with zero attached hydrogens (tertiary/aromatic N) is 2. The van der Waals surface area contributed by atoms with Gasteiger partial charge in [-0.15, -0.1) is 0 Å². The predicted molar refractivity (Wildman–Crippen MR) is 95.6 cm³/mol. The number of rotatable bonds is 4. The smallest absolute Gasteiger partial charge is 0.264 e. The van der Waals surface area contributed by atoms with Crippen LogP contribution in [0.25, 0.3) is 11.3 Å². The summed E-state index contributed by atoms with van der Waals surface area (Å²) in [6, 6.07) is 12.3. The number of benzene rings is 2. The Bertz CT molecular complexity index is 1030. The van der Waals surface area contributed by atoms with E-state index in [1.807, 2.05) is 16.8 Å². The van der Waals surface area contributed by atoms with E-state index in [-0.39, 0.29) is 4.90 Å². The molecule has 8 heteroatoms. The molecular weight excluding hydrogens is 361 g/mol. The van der Waals surface area contributed by atoms with Crippen LogP contribution < -0.4 is 4.72 Å². The molecular formula is C17H14FN3O2S2. The monoisotopic (exact) mass is 375 g/mol. The number of thioether (sulfide) groups is 1. The number of nitrogens with one attached hydrogen (secondary N) is 1. The lowest BCUT2D eigenvalue weighted by Gasteiger charge is -2.12. The Morgan fingerprint density at radius 1 is 1.12 bits per heavy atom. The van der Waals surface area contributed by atoms with E-state index in [1.54, 1.807) is 30.0 Å². The molecule has 0 atom stereocenters. The van der Waals surface area contributed by atoms with Crippen LogP contribution in [0.3, 0.4) is 0 Å². The second-order valence-corrected chi connectivity index (χ2v) is 8.24. The number of imidazole rings is 1. The van der Waals surface area contributed by atoms with E-state index in [0.717, 1.165) is 23.5 Å². The van der Waals surface area contributed by atoms with Crippen molar-refractivity contribution in [3.63, 3.8) is 0 Å². The molecule has 4 rings (SSSR count). The summed E-state index contributed by atoms with van der Waals surface area (Å²) in [5.41, 5.74) is 1.71. The van der Waals surface area contributed by atoms with Crippen LogP contribution >= 0.6 is 11.8 Å². The first-order valence-electron chi connectivity index (χ1n) is 7.61. The van der Waals surface area contributed by atoms with Gasteiger partial charge >= 0.3 is 0 Å². The van der Waals surface area contributed by atoms with Gasteiger partial charge in [0.05, 0.1) is 11.4 Å². The van der Waals surface area contributed by atoms with Crippen molar-refractivity contribution in [3.05, 3.63) is 60.5 Å². The molecule has 0 unspecified atom stereocenters. The fourth-order valence-electron chi connectivity index (χ4n) is 2.70. The Balaban J connectivity index is 1.73. The minimum Gasteiger partial charge on any atom is -0.325 e. The molecule has 1 aliphatic heterocycles. The topological polar surface area (TPSA) is 64.0 Å². The van der Waals surface area contributed by atoms with Gasteiger partial charge in [-0.25, -0.2) is 17.8 Å². The van der Waals surface area contributed by atoms with Crippen LogP contribution in [0.2, 0.25) is 0 Å². The van der Waals surface area contributed by atoms with Gasteiger partial charge in [0.25, 0.3) is 10.0 Å². The maximum atomic E-state index is 13.9. The van der Waals surface area contributed by atoms with Crippen LogP contribution in [-0.2, 0) is 16.6 Å². The minimum absolute atomic E-state index is 0.368. The molecule has 0 fully saturated rings. The van der Waals surface area contributed by atoms with E-state index in [2.05, 4.69) is 9.71 Å². The SMILES string of the molecule is O=S(=O)(Nc1ccccc1-c1cn2c(n1)SCC2)c1ccccc1F. The third kappa shape index (κ3) is 3.03. The Morgan fingerprint density at radius 3 is 2.68 bits per heavy atom. The predicted octanol–water partition coefficient (Wildman–Crippen LogP) is 3.60. The maximum Gasteiger partial charge on any atom is 0.264 e. The summed E-state index contributed by atoms with van der Waals surface area (Å²) < 4.78 is 43.5. The van der Waals surface area contributed by atoms with Crippen molar-refractivity contribution in [3.8, 4) is 11.3 Å². The summed E-state index contributed by atoms with van der Waals surface area (Å²) in [4.78, 5) is 4.18. The molecule has 5 nitrogen and oxygen atoms in total. The highest BCUT2D eigenvalue weighted by Gasteiger charge is 2.22. The summed E-state index contributed by atoms with van der Waals surface area (Å²) in [6.45, 7) is 0.885. The van der Waals surface area contributed by atoms with Gasteiger partial charge in [-0.05, 0) is 18.2 Å². The van der Waals surface area contributed by atoms with Crippen molar-refractivity contribution in [1.29, 1.82) is 0 Å². The molecule has 0 saturated heterocycles. The first kappa shape index (κ1) is 16.2. The lowest BCUT2D eigenvalue weighted by Crippen LogP contribution is -2.15. The highest BCUT2D eigenvalue weighted by atomic mass is 32.2. The molecule has 0 amide bonds. The van der Waals surface area contributed by atoms with Gasteiger partial charge in [-0.1, -0.05) is 42.1 Å². The number of sulfonamides is 1. The molecule has 0 aliphatic carbocycles. The van der Waals surface area contributed by atoms with Crippen molar-refractivity contribution in [1.82, 2.24) is 9.55 Å². The molecule has 0 bridgehead atoms. The van der Waals surface area contributed by atoms with E-state index in [4.69, 9.17) is 0 Å². The summed E-state index contributed by atoms with van der Waals surface area (Å²) in [6.07, 6.45) is 1.91. The molecule has 25 heavy (non-hydrogen) atoms. The van der Waals surface area contributed by atoms with Gasteiger partial charge in [0.1, 0.15) is 10.7 Å². The second-order valence-electron chi connectivity index (χ2n) is 5.53. The lowest BCUT2D eigenvalue weighted by molar-refractivity contribution is 0.570. The standard InChI is InChI=1S/C17H14FN3O2S2/c18-13-6-2-4-8-16(13)25(22,23)20-14-7-3-1-5-12(14)15-11-21-9-10-24-17(21)19-15/h1-8,11,20H,9-10H2. The summed E-state index contributed by atoms with van der Waals surface area (Å²) >= 11 is 1.66. The molecule has 1 aromatic heterocycles. The Morgan fingerprint density at radius 2 is 1.88 bits per heavy atom. The third-order valence-corrected chi connectivity index (χ3v) is 6.25. The highest BCUT2D eigenvalue weighted by molar-refractivity contribution is 7.99. The number of hydrogen-bond donors (Lipinski definition) is 1. The summed E-state index contributed by atoms with van der Waals surface area (Å²) in [7, 11) is -4.03. The normalized spacial score (nSPS) is 13.6. The van der Waals surface area contributed by atoms with E-state index in [0.29, 0.717) is 16.9 Å². The van der Waals surface area contributed by atoms with Crippen molar-refractivity contribution < 1.29 is 12.8 Å². The Kier molecular flexibility index (Phi) is 4.01. The third-order valence-electron chi connectivity index (χ3n) is 3.88. The maximum absolute atomic E-state index is 13.9. The fourth-order valence-corrected chi connectivity index (χ4v) is 4.80. The molecule has 1 N–H and O–H groups in total. The summed E-state index contributed by atoms with van der Waals surface area (Å²) in [5.74, 6) is 0.203. The van der Waals surface area contributed by atoms with Crippen LogP contribution in [0, 0.1) is 5.82 Å². The number of halogens is 1. The largest absolute Gasteiger partial charge is 0.325 e. The molecule has 0 spiro atoms. The van der Waals surface area contributed by atoms with Crippen LogP contribution in [0.4, 0.5) is 10.1 Å². The second kappa shape index (κ2) is 6.20. The highest BCUT2D eigenvalue weighted by Crippen LogP contribution is 2.33. The molecule has 128 valence electrons. The van der Waals surface area contributed by atoms with E-state index in [9.17, 15) is 12.8 Å². The van der Waals surface area contributed by atoms with Crippen LogP contribution in [0.1, 0.15) is 0 Å². The average Bonchev–Trinajstić information content (AvgIpc) is 3.17. The van der Waals surface area contributed by atoms with Crippen LogP contribution in [0.5, 0.6) is 0 Å². The van der Waals surface area contributed by atoms with Crippen molar-refractivity contribution >= 4 is 27.5 Å². The first-order valence-corrected chi connectivity index (χ1v) is 10.1. The zero-order valence-electron chi connectivity index (χ0n) is 13.0. The van der Waals surface area contributed by atoms with Gasteiger partial charge in [0.2, 0.25) is 0 Å². The molecule has 3 aromatic rings. The first-order chi connectivity index (χ1) is 12.0. The number of para-hydroxylation sites is 1. The fraction of sp³-hybridized carbons (Fsp3) is 0.118. The van der Waals surface area contributed by atoms with Crippen molar-refractivity contribution in [2.45, 2.75) is 16.6 Å². The number of anilines is 1. The number of hydrogen-bond acceptors (Lipinski definition) is 4. The molecule has 0 saturated carbocycles. The zero-order valence-corrected chi connectivity index (χ0v) is 14.6. The molecule has 2 heterocycles. The van der Waals surface area contributed by atoms with E-state index < -0.39 is 15.8 Å². The average molecular weight is 375 g/mol. The number of aryl methyl sites for hydroxylation is 1. The van der Waals surface area contributed by atoms with E-state index in [1.165, 1.54) is 18.2 Å². The van der Waals surface area contributed by atoms with Gasteiger partial charge < -0.3 is 4.57 Å². The van der Waals surface area contributed by atoms with Gasteiger partial charge in [0.15, 0.2) is 5.16 Å². The number of fused-ring (bicyclic) bond motifs is 1. The lowest BCUT2D eigenvalue weighted by atomic mass is 10.1. The van der Waals surface area contributed by atoms with E-state index >= 15 is 0 Å². The molecule has 1 aliphatic rings. The summed E-state index contributed by atoms with van der Waals surface area (Å²) in [5, 5.41) is 0.918. The van der Waals surface area contributed by atoms with Crippen LogP contribution in [0.15, 0.2) is 64.8 Å². The Labute approximate surface area is 149 Å². The van der Waals surface area contributed by atoms with Crippen LogP contribution in [-0.4, -0.2) is 23.7 Å².